The van der Waals surface area contributed by atoms with E-state index in [1.54, 1.807) is 24.3 Å². The van der Waals surface area contributed by atoms with Gasteiger partial charge in [0.05, 0.1) is 0 Å². The molecule has 0 aromatic heterocycles. The van der Waals surface area contributed by atoms with E-state index in [9.17, 15) is 14.4 Å². The van der Waals surface area contributed by atoms with E-state index in [4.69, 9.17) is 0 Å². The zero-order valence-electron chi connectivity index (χ0n) is 10.9. The molecule has 0 bridgehead atoms. The van der Waals surface area contributed by atoms with Gasteiger partial charge in [-0.05, 0) is 24.3 Å². The lowest BCUT2D eigenvalue weighted by molar-refractivity contribution is 0.364. The van der Waals surface area contributed by atoms with Crippen LogP contribution >= 0.6 is 103 Å². The lowest BCUT2D eigenvalue weighted by Crippen LogP contribution is -2.06. The summed E-state index contributed by atoms with van der Waals surface area (Å²) in [7, 11) is -4.51. The van der Waals surface area contributed by atoms with Crippen LogP contribution in [0.3, 0.4) is 0 Å². The van der Waals surface area contributed by atoms with E-state index < -0.39 is 13.3 Å². The van der Waals surface area contributed by atoms with Crippen LogP contribution in [0.15, 0.2) is 51.1 Å². The topological polar surface area (TPSA) is 57.5 Å². The molecule has 2 rings (SSSR count). The second-order valence-electron chi connectivity index (χ2n) is 4.56. The normalized spacial score (nSPS) is 12.0. The standard InChI is InChI=1S/C13H7Br6O3P/c14-5-1-7(16)11(8(17)2-5)13(23(20,21)22)12-9(18)3-6(15)4-10(12)19/h1-4,13H,(H2,20,21,22). The van der Waals surface area contributed by atoms with Crippen LogP contribution in [0.5, 0.6) is 0 Å². The molecule has 0 aliphatic rings. The van der Waals surface area contributed by atoms with Gasteiger partial charge in [0.1, 0.15) is 5.66 Å². The molecule has 0 saturated heterocycles. The molecule has 0 amide bonds. The summed E-state index contributed by atoms with van der Waals surface area (Å²) in [5, 5.41) is 0. The van der Waals surface area contributed by atoms with E-state index in [0.29, 0.717) is 29.0 Å². The van der Waals surface area contributed by atoms with Crippen molar-refractivity contribution in [3.8, 4) is 0 Å². The molecule has 2 N–H and O–H groups in total. The fraction of sp³-hybridized carbons (Fsp3) is 0.0769. The quantitative estimate of drug-likeness (QED) is 0.323. The van der Waals surface area contributed by atoms with Crippen LogP contribution in [0.1, 0.15) is 16.8 Å². The van der Waals surface area contributed by atoms with E-state index in [2.05, 4.69) is 95.6 Å². The minimum absolute atomic E-state index is 0.477. The minimum Gasteiger partial charge on any atom is -0.324 e. The van der Waals surface area contributed by atoms with Gasteiger partial charge < -0.3 is 9.79 Å². The molecule has 0 heterocycles. The average Bonchev–Trinajstić information content (AvgIpc) is 2.33. The van der Waals surface area contributed by atoms with Crippen LogP contribution in [-0.2, 0) is 4.57 Å². The molecule has 0 fully saturated rings. The zero-order chi connectivity index (χ0) is 17.5. The van der Waals surface area contributed by atoms with Gasteiger partial charge in [0.25, 0.3) is 0 Å². The molecule has 10 heteroatoms. The molecule has 0 radical (unpaired) electrons. The summed E-state index contributed by atoms with van der Waals surface area (Å²) in [5.74, 6) is 0. The predicted octanol–water partition coefficient (Wildman–Crippen LogP) is 7.53. The SMILES string of the molecule is O=P(O)(O)C(c1c(Br)cc(Br)cc1Br)c1c(Br)cc(Br)cc1Br. The fourth-order valence-corrected chi connectivity index (χ4v) is 9.48. The van der Waals surface area contributed by atoms with Crippen LogP contribution < -0.4 is 0 Å². The van der Waals surface area contributed by atoms with Crippen LogP contribution in [0.2, 0.25) is 0 Å². The van der Waals surface area contributed by atoms with E-state index in [0.717, 1.165) is 8.95 Å². The van der Waals surface area contributed by atoms with Crippen molar-refractivity contribution in [2.45, 2.75) is 5.66 Å². The van der Waals surface area contributed by atoms with Crippen molar-refractivity contribution in [3.63, 3.8) is 0 Å². The predicted molar refractivity (Wildman–Crippen MR) is 113 cm³/mol. The van der Waals surface area contributed by atoms with Gasteiger partial charge in [-0.15, -0.1) is 0 Å². The lowest BCUT2D eigenvalue weighted by Gasteiger charge is -2.24. The number of rotatable bonds is 3. The van der Waals surface area contributed by atoms with Gasteiger partial charge in [0.15, 0.2) is 0 Å². The summed E-state index contributed by atoms with van der Waals surface area (Å²) < 4.78 is 16.2. The highest BCUT2D eigenvalue weighted by molar-refractivity contribution is 9.12. The molecule has 0 unspecified atom stereocenters. The van der Waals surface area contributed by atoms with Crippen LogP contribution in [0.25, 0.3) is 0 Å². The van der Waals surface area contributed by atoms with Gasteiger partial charge in [0.2, 0.25) is 0 Å². The van der Waals surface area contributed by atoms with Gasteiger partial charge in [-0.2, -0.15) is 0 Å². The summed E-state index contributed by atoms with van der Waals surface area (Å²) in [6.45, 7) is 0. The van der Waals surface area contributed by atoms with Crippen molar-refractivity contribution in [1.29, 1.82) is 0 Å². The summed E-state index contributed by atoms with van der Waals surface area (Å²) in [5.41, 5.74) is -0.188. The molecule has 2 aromatic rings. The Kier molecular flexibility index (Phi) is 7.23. The number of hydrogen-bond donors (Lipinski definition) is 2. The van der Waals surface area contributed by atoms with Crippen LogP contribution in [-0.4, -0.2) is 9.79 Å². The summed E-state index contributed by atoms with van der Waals surface area (Å²) in [4.78, 5) is 20.1. The molecule has 124 valence electrons. The van der Waals surface area contributed by atoms with Gasteiger partial charge in [-0.25, -0.2) is 0 Å². The molecule has 0 aliphatic heterocycles. The Balaban J connectivity index is 2.84. The molecule has 0 saturated carbocycles. The van der Waals surface area contributed by atoms with Crippen molar-refractivity contribution in [2.75, 3.05) is 0 Å². The van der Waals surface area contributed by atoms with Crippen molar-refractivity contribution in [3.05, 3.63) is 62.2 Å². The first-order valence-corrected chi connectivity index (χ1v) is 12.3. The molecular weight excluding hydrogens is 715 g/mol. The second-order valence-corrected chi connectivity index (χ2v) is 11.5. The van der Waals surface area contributed by atoms with Gasteiger partial charge in [0, 0.05) is 38.0 Å². The molecule has 0 aliphatic carbocycles. The van der Waals surface area contributed by atoms with Crippen LogP contribution in [0.4, 0.5) is 0 Å². The fourth-order valence-electron chi connectivity index (χ4n) is 2.11. The first-order chi connectivity index (χ1) is 10.5. The second kappa shape index (κ2) is 8.01. The molecule has 0 spiro atoms. The Morgan fingerprint density at radius 2 is 0.957 bits per heavy atom. The molecular formula is C13H7Br6O3P. The highest BCUT2D eigenvalue weighted by atomic mass is 79.9. The molecule has 2 aromatic carbocycles. The smallest absolute Gasteiger partial charge is 0.324 e. The zero-order valence-corrected chi connectivity index (χ0v) is 21.3. The first kappa shape index (κ1) is 20.8. The molecule has 0 atom stereocenters. The van der Waals surface area contributed by atoms with Crippen molar-refractivity contribution >= 4 is 103 Å². The van der Waals surface area contributed by atoms with E-state index in [1.807, 2.05) is 0 Å². The monoisotopic (exact) mass is 716 g/mol. The largest absolute Gasteiger partial charge is 0.337 e. The Labute approximate surface area is 183 Å². The number of benzene rings is 2. The maximum atomic E-state index is 12.3. The van der Waals surface area contributed by atoms with Gasteiger partial charge in [-0.1, -0.05) is 95.6 Å². The van der Waals surface area contributed by atoms with E-state index in [-0.39, 0.29) is 0 Å². The molecule has 23 heavy (non-hydrogen) atoms. The molecule has 3 nitrogen and oxygen atoms in total. The maximum absolute atomic E-state index is 12.3. The number of hydrogen-bond acceptors (Lipinski definition) is 1. The highest BCUT2D eigenvalue weighted by Crippen LogP contribution is 2.61. The van der Waals surface area contributed by atoms with Crippen LogP contribution in [0, 0.1) is 0 Å². The van der Waals surface area contributed by atoms with Gasteiger partial charge >= 0.3 is 7.60 Å². The maximum Gasteiger partial charge on any atom is 0.337 e. The van der Waals surface area contributed by atoms with Crippen molar-refractivity contribution < 1.29 is 14.4 Å². The van der Waals surface area contributed by atoms with Gasteiger partial charge in [-0.3, -0.25) is 4.57 Å². The summed E-state index contributed by atoms with van der Waals surface area (Å²) in [6, 6.07) is 7.01. The van der Waals surface area contributed by atoms with Crippen molar-refractivity contribution in [2.24, 2.45) is 0 Å². The highest BCUT2D eigenvalue weighted by Gasteiger charge is 2.38. The Bertz CT molecular complexity index is 716. The third kappa shape index (κ3) is 4.80. The average molecular weight is 722 g/mol. The van der Waals surface area contributed by atoms with E-state index in [1.165, 1.54) is 0 Å². The third-order valence-electron chi connectivity index (χ3n) is 2.97. The Morgan fingerprint density at radius 1 is 0.696 bits per heavy atom. The minimum atomic E-state index is -4.51. The van der Waals surface area contributed by atoms with Crippen molar-refractivity contribution in [1.82, 2.24) is 0 Å². The first-order valence-electron chi connectivity index (χ1n) is 5.86. The third-order valence-corrected chi connectivity index (χ3v) is 7.70. The summed E-state index contributed by atoms with van der Waals surface area (Å²) >= 11 is 20.4. The summed E-state index contributed by atoms with van der Waals surface area (Å²) in [6.07, 6.45) is 0. The lowest BCUT2D eigenvalue weighted by atomic mass is 10.0. The Hall–Kier alpha value is 1.47. The number of halogens is 6. The Morgan fingerprint density at radius 3 is 1.17 bits per heavy atom. The van der Waals surface area contributed by atoms with E-state index >= 15 is 0 Å².